The minimum atomic E-state index is -3.70. The van der Waals surface area contributed by atoms with Crippen molar-refractivity contribution in [3.05, 3.63) is 70.2 Å². The summed E-state index contributed by atoms with van der Waals surface area (Å²) in [6.45, 7) is 0.721. The molecule has 1 aliphatic heterocycles. The number of hydrogen-bond acceptors (Lipinski definition) is 2. The molecule has 0 N–H and O–H groups in total. The van der Waals surface area contributed by atoms with Crippen LogP contribution in [0, 0.1) is 0 Å². The lowest BCUT2D eigenvalue weighted by atomic mass is 10.0. The van der Waals surface area contributed by atoms with E-state index in [1.54, 1.807) is 6.07 Å². The lowest BCUT2D eigenvalue weighted by Gasteiger charge is -2.26. The Labute approximate surface area is 146 Å². The molecule has 0 amide bonds. The van der Waals surface area contributed by atoms with Gasteiger partial charge in [-0.15, -0.1) is 0 Å². The zero-order valence-electron chi connectivity index (χ0n) is 12.2. The Kier molecular flexibility index (Phi) is 4.78. The molecule has 6 heteroatoms. The standard InChI is InChI=1S/C17H15Cl2NO2S/c18-15-7-4-8-16(19)17(15)23(21,22)20-11-9-14(10-12-20)13-5-2-1-3-6-13/h1-9H,10-12H2. The molecule has 3 nitrogen and oxygen atoms in total. The normalized spacial score (nSPS) is 16.2. The van der Waals surface area contributed by atoms with Crippen molar-refractivity contribution in [3.63, 3.8) is 0 Å². The summed E-state index contributed by atoms with van der Waals surface area (Å²) in [6, 6.07) is 14.7. The summed E-state index contributed by atoms with van der Waals surface area (Å²) in [5.74, 6) is 0. The Hall–Kier alpha value is -1.33. The first-order chi connectivity index (χ1) is 11.0. The van der Waals surface area contributed by atoms with Crippen LogP contribution in [-0.2, 0) is 10.0 Å². The van der Waals surface area contributed by atoms with Crippen LogP contribution in [-0.4, -0.2) is 25.8 Å². The molecule has 0 saturated heterocycles. The van der Waals surface area contributed by atoms with E-state index in [1.165, 1.54) is 16.4 Å². The van der Waals surface area contributed by atoms with Gasteiger partial charge in [-0.3, -0.25) is 0 Å². The predicted molar refractivity (Wildman–Crippen MR) is 94.3 cm³/mol. The van der Waals surface area contributed by atoms with Crippen LogP contribution in [0.4, 0.5) is 0 Å². The van der Waals surface area contributed by atoms with Crippen molar-refractivity contribution < 1.29 is 8.42 Å². The van der Waals surface area contributed by atoms with Crippen LogP contribution in [0.2, 0.25) is 10.0 Å². The molecule has 2 aromatic rings. The van der Waals surface area contributed by atoms with Crippen LogP contribution in [0.3, 0.4) is 0 Å². The zero-order chi connectivity index (χ0) is 16.4. The summed E-state index contributed by atoms with van der Waals surface area (Å²) >= 11 is 12.1. The molecular formula is C17H15Cl2NO2S. The fourth-order valence-corrected chi connectivity index (χ4v) is 5.11. The lowest BCUT2D eigenvalue weighted by molar-refractivity contribution is 0.441. The summed E-state index contributed by atoms with van der Waals surface area (Å²) in [4.78, 5) is -0.0140. The smallest absolute Gasteiger partial charge is 0.207 e. The number of rotatable bonds is 3. The van der Waals surface area contributed by atoms with E-state index in [9.17, 15) is 8.42 Å². The monoisotopic (exact) mass is 367 g/mol. The van der Waals surface area contributed by atoms with Crippen LogP contribution in [0.1, 0.15) is 12.0 Å². The Balaban J connectivity index is 1.88. The van der Waals surface area contributed by atoms with Crippen LogP contribution in [0.5, 0.6) is 0 Å². The van der Waals surface area contributed by atoms with Gasteiger partial charge in [-0.25, -0.2) is 8.42 Å². The highest BCUT2D eigenvalue weighted by Gasteiger charge is 2.30. The highest BCUT2D eigenvalue weighted by molar-refractivity contribution is 7.89. The van der Waals surface area contributed by atoms with Crippen molar-refractivity contribution >= 4 is 38.8 Å². The Bertz CT molecular complexity index is 828. The fraction of sp³-hybridized carbons (Fsp3) is 0.176. The molecule has 23 heavy (non-hydrogen) atoms. The third-order valence-corrected chi connectivity index (χ3v) is 6.65. The molecule has 0 aromatic heterocycles. The van der Waals surface area contributed by atoms with E-state index in [0.717, 1.165) is 11.1 Å². The van der Waals surface area contributed by atoms with Gasteiger partial charge in [0.2, 0.25) is 10.0 Å². The minimum absolute atomic E-state index is 0.0140. The minimum Gasteiger partial charge on any atom is -0.207 e. The highest BCUT2D eigenvalue weighted by Crippen LogP contribution is 2.33. The molecule has 0 bridgehead atoms. The second-order valence-electron chi connectivity index (χ2n) is 5.26. The van der Waals surface area contributed by atoms with E-state index in [2.05, 4.69) is 0 Å². The molecule has 0 saturated carbocycles. The first kappa shape index (κ1) is 16.5. The molecule has 0 radical (unpaired) electrons. The molecule has 1 heterocycles. The third kappa shape index (κ3) is 3.31. The maximum absolute atomic E-state index is 12.8. The van der Waals surface area contributed by atoms with E-state index in [1.807, 2.05) is 36.4 Å². The van der Waals surface area contributed by atoms with Gasteiger partial charge in [-0.05, 0) is 29.7 Å². The summed E-state index contributed by atoms with van der Waals surface area (Å²) in [6.07, 6.45) is 2.60. The van der Waals surface area contributed by atoms with Crippen LogP contribution in [0.15, 0.2) is 59.5 Å². The molecule has 3 rings (SSSR count). The van der Waals surface area contributed by atoms with Gasteiger partial charge < -0.3 is 0 Å². The molecule has 0 unspecified atom stereocenters. The molecule has 0 spiro atoms. The van der Waals surface area contributed by atoms with Crippen molar-refractivity contribution in [2.24, 2.45) is 0 Å². The molecule has 2 aromatic carbocycles. The van der Waals surface area contributed by atoms with Gasteiger partial charge in [-0.2, -0.15) is 4.31 Å². The molecule has 120 valence electrons. The van der Waals surface area contributed by atoms with Gasteiger partial charge in [0.25, 0.3) is 0 Å². The Morgan fingerprint density at radius 2 is 1.57 bits per heavy atom. The number of nitrogens with zero attached hydrogens (tertiary/aromatic N) is 1. The molecular weight excluding hydrogens is 353 g/mol. The van der Waals surface area contributed by atoms with Gasteiger partial charge in [0.1, 0.15) is 4.90 Å². The quantitative estimate of drug-likeness (QED) is 0.802. The molecule has 0 aliphatic carbocycles. The van der Waals surface area contributed by atoms with Crippen molar-refractivity contribution in [2.75, 3.05) is 13.1 Å². The average molecular weight is 368 g/mol. The third-order valence-electron chi connectivity index (χ3n) is 3.83. The van der Waals surface area contributed by atoms with E-state index < -0.39 is 10.0 Å². The van der Waals surface area contributed by atoms with Crippen molar-refractivity contribution in [1.29, 1.82) is 0 Å². The summed E-state index contributed by atoms with van der Waals surface area (Å²) in [5.41, 5.74) is 2.28. The Morgan fingerprint density at radius 3 is 2.13 bits per heavy atom. The largest absolute Gasteiger partial charge is 0.246 e. The maximum atomic E-state index is 12.8. The zero-order valence-corrected chi connectivity index (χ0v) is 14.6. The van der Waals surface area contributed by atoms with Crippen molar-refractivity contribution in [1.82, 2.24) is 4.31 Å². The summed E-state index contributed by atoms with van der Waals surface area (Å²) in [5, 5.41) is 0.297. The van der Waals surface area contributed by atoms with Crippen LogP contribution in [0.25, 0.3) is 5.57 Å². The first-order valence-corrected chi connectivity index (χ1v) is 9.38. The summed E-state index contributed by atoms with van der Waals surface area (Å²) < 4.78 is 27.0. The van der Waals surface area contributed by atoms with E-state index in [0.29, 0.717) is 19.5 Å². The second-order valence-corrected chi connectivity index (χ2v) is 7.95. The maximum Gasteiger partial charge on any atom is 0.246 e. The molecule has 0 fully saturated rings. The number of sulfonamides is 1. The number of hydrogen-bond donors (Lipinski definition) is 0. The van der Waals surface area contributed by atoms with Gasteiger partial charge in [0, 0.05) is 13.1 Å². The number of halogens is 2. The second kappa shape index (κ2) is 6.65. The summed E-state index contributed by atoms with van der Waals surface area (Å²) in [7, 11) is -3.70. The Morgan fingerprint density at radius 1 is 0.913 bits per heavy atom. The van der Waals surface area contributed by atoms with Crippen LogP contribution < -0.4 is 0 Å². The topological polar surface area (TPSA) is 37.4 Å². The number of benzene rings is 2. The predicted octanol–water partition coefficient (Wildman–Crippen LogP) is 4.47. The van der Waals surface area contributed by atoms with Gasteiger partial charge in [-0.1, -0.05) is 65.7 Å². The van der Waals surface area contributed by atoms with Crippen molar-refractivity contribution in [2.45, 2.75) is 11.3 Å². The van der Waals surface area contributed by atoms with Gasteiger partial charge in [0.15, 0.2) is 0 Å². The van der Waals surface area contributed by atoms with Crippen molar-refractivity contribution in [3.8, 4) is 0 Å². The van der Waals surface area contributed by atoms with Gasteiger partial charge >= 0.3 is 0 Å². The van der Waals surface area contributed by atoms with Crippen LogP contribution >= 0.6 is 23.2 Å². The SMILES string of the molecule is O=S(=O)(c1c(Cl)cccc1Cl)N1CC=C(c2ccccc2)CC1. The first-order valence-electron chi connectivity index (χ1n) is 7.19. The highest BCUT2D eigenvalue weighted by atomic mass is 35.5. The van der Waals surface area contributed by atoms with E-state index in [-0.39, 0.29) is 14.9 Å². The average Bonchev–Trinajstić information content (AvgIpc) is 2.55. The van der Waals surface area contributed by atoms with Gasteiger partial charge in [0.05, 0.1) is 10.0 Å². The fourth-order valence-electron chi connectivity index (χ4n) is 2.64. The van der Waals surface area contributed by atoms with E-state index in [4.69, 9.17) is 23.2 Å². The molecule has 1 aliphatic rings. The lowest BCUT2D eigenvalue weighted by Crippen LogP contribution is -2.35. The van der Waals surface area contributed by atoms with E-state index >= 15 is 0 Å². The molecule has 0 atom stereocenters.